The summed E-state index contributed by atoms with van der Waals surface area (Å²) in [6.07, 6.45) is 3.36. The highest BCUT2D eigenvalue weighted by atomic mass is 19.4. The predicted molar refractivity (Wildman–Crippen MR) is 95.3 cm³/mol. The van der Waals surface area contributed by atoms with Crippen LogP contribution in [0, 0.1) is 0 Å². The quantitative estimate of drug-likeness (QED) is 0.734. The molecule has 1 aliphatic rings. The lowest BCUT2D eigenvalue weighted by Crippen LogP contribution is -2.46. The number of halogens is 3. The smallest absolute Gasteiger partial charge is 0.364 e. The number of imidazole rings is 1. The van der Waals surface area contributed by atoms with Gasteiger partial charge in [-0.15, -0.1) is 0 Å². The molecule has 27 heavy (non-hydrogen) atoms. The summed E-state index contributed by atoms with van der Waals surface area (Å²) in [6, 6.07) is 2.89. The van der Waals surface area contributed by atoms with E-state index >= 15 is 0 Å². The van der Waals surface area contributed by atoms with E-state index in [0.717, 1.165) is 31.6 Å². The Labute approximate surface area is 153 Å². The summed E-state index contributed by atoms with van der Waals surface area (Å²) < 4.78 is 40.5. The lowest BCUT2D eigenvalue weighted by Gasteiger charge is -2.30. The molecule has 3 aromatic rings. The Morgan fingerprint density at radius 1 is 1.22 bits per heavy atom. The molecule has 1 fully saturated rings. The second-order valence-corrected chi connectivity index (χ2v) is 6.71. The number of fused-ring (bicyclic) bond motifs is 1. The van der Waals surface area contributed by atoms with Crippen LogP contribution in [0.5, 0.6) is 0 Å². The average molecular weight is 376 g/mol. The Bertz CT molecular complexity index is 952. The summed E-state index contributed by atoms with van der Waals surface area (Å²) in [7, 11) is 0. The molecule has 0 unspecified atom stereocenters. The van der Waals surface area contributed by atoms with Gasteiger partial charge in [-0.2, -0.15) is 13.2 Å². The topological polar surface area (TPSA) is 67.1 Å². The first kappa shape index (κ1) is 17.7. The van der Waals surface area contributed by atoms with E-state index < -0.39 is 11.7 Å². The molecule has 4 rings (SSSR count). The Morgan fingerprint density at radius 2 is 2.07 bits per heavy atom. The minimum atomic E-state index is -4.42. The molecule has 0 amide bonds. The number of hydrogen-bond acceptors (Lipinski definition) is 5. The number of hydrogen-bond donors (Lipinski definition) is 2. The monoisotopic (exact) mass is 376 g/mol. The highest BCUT2D eigenvalue weighted by Crippen LogP contribution is 2.30. The van der Waals surface area contributed by atoms with Gasteiger partial charge in [0.15, 0.2) is 0 Å². The first-order valence-electron chi connectivity index (χ1n) is 8.78. The van der Waals surface area contributed by atoms with Crippen LogP contribution in [0.25, 0.3) is 17.0 Å². The Balaban J connectivity index is 1.67. The van der Waals surface area contributed by atoms with E-state index in [4.69, 9.17) is 0 Å². The third-order valence-corrected chi connectivity index (χ3v) is 4.82. The van der Waals surface area contributed by atoms with Crippen molar-refractivity contribution in [1.29, 1.82) is 0 Å². The molecular formula is C18H19F3N6. The largest absolute Gasteiger partial charge is 0.417 e. The van der Waals surface area contributed by atoms with Crippen LogP contribution in [0.3, 0.4) is 0 Å². The third-order valence-electron chi connectivity index (χ3n) is 4.82. The van der Waals surface area contributed by atoms with Crippen molar-refractivity contribution in [3.8, 4) is 11.4 Å². The zero-order valence-electron chi connectivity index (χ0n) is 14.7. The third kappa shape index (κ3) is 3.59. The van der Waals surface area contributed by atoms with Gasteiger partial charge in [0.1, 0.15) is 17.2 Å². The molecule has 3 aromatic heterocycles. The van der Waals surface area contributed by atoms with Gasteiger partial charge in [0, 0.05) is 18.3 Å². The van der Waals surface area contributed by atoms with Gasteiger partial charge >= 0.3 is 6.18 Å². The number of anilines is 1. The second-order valence-electron chi connectivity index (χ2n) is 6.71. The van der Waals surface area contributed by atoms with Crippen LogP contribution in [-0.4, -0.2) is 38.0 Å². The van der Waals surface area contributed by atoms with Crippen LogP contribution >= 0.6 is 0 Å². The van der Waals surface area contributed by atoms with Crippen LogP contribution < -0.4 is 10.6 Å². The predicted octanol–water partition coefficient (Wildman–Crippen LogP) is 3.36. The van der Waals surface area contributed by atoms with Gasteiger partial charge in [0.2, 0.25) is 0 Å². The Kier molecular flexibility index (Phi) is 4.47. The van der Waals surface area contributed by atoms with E-state index in [1.54, 1.807) is 6.20 Å². The fourth-order valence-electron chi connectivity index (χ4n) is 3.33. The minimum absolute atomic E-state index is 0.224. The lowest BCUT2D eigenvalue weighted by molar-refractivity contribution is -0.137. The molecule has 0 aliphatic carbocycles. The molecular weight excluding hydrogens is 357 g/mol. The molecule has 0 bridgehead atoms. The first-order valence-corrected chi connectivity index (χ1v) is 8.78. The van der Waals surface area contributed by atoms with Crippen molar-refractivity contribution >= 4 is 11.5 Å². The second kappa shape index (κ2) is 6.80. The highest BCUT2D eigenvalue weighted by Gasteiger charge is 2.31. The van der Waals surface area contributed by atoms with Crippen LogP contribution in [0.4, 0.5) is 19.0 Å². The van der Waals surface area contributed by atoms with Crippen molar-refractivity contribution in [1.82, 2.24) is 24.7 Å². The Hall–Kier alpha value is -2.68. The molecule has 1 aliphatic heterocycles. The zero-order chi connectivity index (χ0) is 19.0. The maximum absolute atomic E-state index is 13.0. The normalized spacial score (nSPS) is 20.7. The molecule has 9 heteroatoms. The summed E-state index contributed by atoms with van der Waals surface area (Å²) >= 11 is 0. The summed E-state index contributed by atoms with van der Waals surface area (Å²) in [6.45, 7) is 3.10. The molecule has 0 spiro atoms. The van der Waals surface area contributed by atoms with Crippen molar-refractivity contribution in [2.24, 2.45) is 0 Å². The van der Waals surface area contributed by atoms with Gasteiger partial charge in [0.25, 0.3) is 0 Å². The van der Waals surface area contributed by atoms with E-state index in [0.29, 0.717) is 28.9 Å². The van der Waals surface area contributed by atoms with Gasteiger partial charge in [-0.25, -0.2) is 9.97 Å². The van der Waals surface area contributed by atoms with Crippen molar-refractivity contribution in [3.63, 3.8) is 0 Å². The average Bonchev–Trinajstić information content (AvgIpc) is 3.06. The molecule has 0 saturated carbocycles. The highest BCUT2D eigenvalue weighted by molar-refractivity contribution is 5.61. The molecule has 1 saturated heterocycles. The van der Waals surface area contributed by atoms with E-state index in [9.17, 15) is 13.2 Å². The van der Waals surface area contributed by atoms with Crippen molar-refractivity contribution in [2.45, 2.75) is 38.0 Å². The summed E-state index contributed by atoms with van der Waals surface area (Å²) in [5, 5.41) is 6.78. The van der Waals surface area contributed by atoms with E-state index in [1.807, 2.05) is 0 Å². The van der Waals surface area contributed by atoms with Crippen LogP contribution in [0.15, 0.2) is 36.9 Å². The number of nitrogens with zero attached hydrogens (tertiary/aromatic N) is 4. The van der Waals surface area contributed by atoms with Crippen LogP contribution in [0.1, 0.15) is 25.3 Å². The molecule has 4 heterocycles. The van der Waals surface area contributed by atoms with Gasteiger partial charge in [-0.1, -0.05) is 0 Å². The van der Waals surface area contributed by atoms with Crippen molar-refractivity contribution < 1.29 is 13.2 Å². The maximum atomic E-state index is 13.0. The van der Waals surface area contributed by atoms with E-state index in [-0.39, 0.29) is 6.04 Å². The first-order chi connectivity index (χ1) is 12.9. The molecule has 6 nitrogen and oxygen atoms in total. The van der Waals surface area contributed by atoms with Crippen molar-refractivity contribution in [2.75, 3.05) is 11.9 Å². The maximum Gasteiger partial charge on any atom is 0.417 e. The number of rotatable bonds is 3. The Morgan fingerprint density at radius 3 is 2.85 bits per heavy atom. The van der Waals surface area contributed by atoms with Crippen molar-refractivity contribution in [3.05, 3.63) is 42.5 Å². The fraction of sp³-hybridized carbons (Fsp3) is 0.389. The van der Waals surface area contributed by atoms with E-state index in [2.05, 4.69) is 32.5 Å². The molecule has 142 valence electrons. The summed E-state index contributed by atoms with van der Waals surface area (Å²) in [5.74, 6) is 0.593. The van der Waals surface area contributed by atoms with Crippen LogP contribution in [0.2, 0.25) is 0 Å². The number of nitrogens with one attached hydrogen (secondary N) is 2. The summed E-state index contributed by atoms with van der Waals surface area (Å²) in [4.78, 5) is 12.9. The SMILES string of the molecule is C[C@@H]1NCCC[C@H]1Nc1cncc(-c2cnc3ccc(C(F)(F)F)cn23)n1. The van der Waals surface area contributed by atoms with Gasteiger partial charge < -0.3 is 10.6 Å². The van der Waals surface area contributed by atoms with Crippen LogP contribution in [-0.2, 0) is 6.18 Å². The molecule has 0 aromatic carbocycles. The van der Waals surface area contributed by atoms with Gasteiger partial charge in [-0.05, 0) is 38.4 Å². The number of alkyl halides is 3. The fourth-order valence-corrected chi connectivity index (χ4v) is 3.33. The minimum Gasteiger partial charge on any atom is -0.364 e. The zero-order valence-corrected chi connectivity index (χ0v) is 14.7. The van der Waals surface area contributed by atoms with Gasteiger partial charge in [-0.3, -0.25) is 9.38 Å². The van der Waals surface area contributed by atoms with Gasteiger partial charge in [0.05, 0.1) is 29.8 Å². The molecule has 0 radical (unpaired) electrons. The summed E-state index contributed by atoms with van der Waals surface area (Å²) in [5.41, 5.74) is 0.604. The molecule has 2 N–H and O–H groups in total. The number of piperidine rings is 1. The van der Waals surface area contributed by atoms with E-state index in [1.165, 1.54) is 22.9 Å². The molecule has 2 atom stereocenters. The standard InChI is InChI=1S/C18H19F3N6/c1-11-13(3-2-6-23-11)25-16-9-22-7-14(26-16)15-8-24-17-5-4-12(10-27(15)17)18(19,20)21/h4-5,7-11,13,23H,2-3,6H2,1H3,(H,25,26)/t11-,13+/m0/s1. The number of aromatic nitrogens is 4. The lowest BCUT2D eigenvalue weighted by atomic mass is 10.00. The number of pyridine rings is 1.